The molecule has 3 aromatic heterocycles. The Balaban J connectivity index is 1.35. The summed E-state index contributed by atoms with van der Waals surface area (Å²) < 4.78 is 6.97. The number of anilines is 2. The van der Waals surface area contributed by atoms with Crippen molar-refractivity contribution in [3.8, 4) is 11.1 Å². The normalized spacial score (nSPS) is 16.4. The maximum atomic E-state index is 12.0. The van der Waals surface area contributed by atoms with E-state index in [4.69, 9.17) is 4.52 Å². The average molecular weight is 486 g/mol. The molecule has 1 aromatic carbocycles. The van der Waals surface area contributed by atoms with Crippen LogP contribution < -0.4 is 21.3 Å². The molecule has 0 bridgehead atoms. The summed E-state index contributed by atoms with van der Waals surface area (Å²) >= 11 is 0. The van der Waals surface area contributed by atoms with Crippen molar-refractivity contribution in [1.29, 1.82) is 0 Å². The molecule has 1 saturated heterocycles. The van der Waals surface area contributed by atoms with E-state index in [2.05, 4.69) is 41.5 Å². The molecule has 1 aliphatic heterocycles. The van der Waals surface area contributed by atoms with Gasteiger partial charge in [-0.05, 0) is 43.9 Å². The third kappa shape index (κ3) is 4.02. The molecule has 2 aliphatic rings. The van der Waals surface area contributed by atoms with Crippen molar-refractivity contribution in [1.82, 2.24) is 35.4 Å². The monoisotopic (exact) mass is 485 g/mol. The second-order valence-corrected chi connectivity index (χ2v) is 8.80. The Bertz CT molecular complexity index is 1530. The largest absolute Gasteiger partial charge is 0.361 e. The summed E-state index contributed by atoms with van der Waals surface area (Å²) in [7, 11) is 0. The first-order chi connectivity index (χ1) is 17.5. The van der Waals surface area contributed by atoms with Crippen LogP contribution in [0.4, 0.5) is 16.7 Å². The predicted molar refractivity (Wildman–Crippen MR) is 131 cm³/mol. The zero-order valence-electron chi connectivity index (χ0n) is 19.6. The van der Waals surface area contributed by atoms with Gasteiger partial charge in [0.2, 0.25) is 11.9 Å². The van der Waals surface area contributed by atoms with Crippen molar-refractivity contribution in [2.75, 3.05) is 10.6 Å². The number of aromatic nitrogens is 5. The molecule has 36 heavy (non-hydrogen) atoms. The van der Waals surface area contributed by atoms with Crippen molar-refractivity contribution in [2.45, 2.75) is 39.3 Å². The number of urea groups is 1. The van der Waals surface area contributed by atoms with Crippen LogP contribution in [0.1, 0.15) is 35.4 Å². The molecule has 4 N–H and O–H groups in total. The van der Waals surface area contributed by atoms with Gasteiger partial charge in [0.05, 0.1) is 11.9 Å². The van der Waals surface area contributed by atoms with E-state index in [0.29, 0.717) is 35.7 Å². The first kappa shape index (κ1) is 21.8. The number of rotatable bonds is 7. The van der Waals surface area contributed by atoms with Crippen LogP contribution in [0, 0.1) is 13.8 Å². The van der Waals surface area contributed by atoms with Gasteiger partial charge in [-0.3, -0.25) is 10.1 Å². The zero-order valence-corrected chi connectivity index (χ0v) is 19.6. The van der Waals surface area contributed by atoms with E-state index in [0.717, 1.165) is 41.0 Å². The summed E-state index contributed by atoms with van der Waals surface area (Å²) in [6.45, 7) is 4.28. The number of benzene rings is 1. The second-order valence-electron chi connectivity index (χ2n) is 8.80. The minimum Gasteiger partial charge on any atom is -0.361 e. The fourth-order valence-electron chi connectivity index (χ4n) is 4.18. The van der Waals surface area contributed by atoms with E-state index < -0.39 is 11.9 Å². The van der Waals surface area contributed by atoms with Gasteiger partial charge in [-0.15, -0.1) is 0 Å². The average Bonchev–Trinajstić information content (AvgIpc) is 3.36. The Hall–Kier alpha value is -4.74. The fourth-order valence-corrected chi connectivity index (χ4v) is 4.18. The van der Waals surface area contributed by atoms with E-state index in [9.17, 15) is 9.59 Å². The number of amides is 3. The smallest absolute Gasteiger partial charge is 0.326 e. The first-order valence-corrected chi connectivity index (χ1v) is 11.6. The van der Waals surface area contributed by atoms with Gasteiger partial charge in [0.15, 0.2) is 5.65 Å². The summed E-state index contributed by atoms with van der Waals surface area (Å²) in [5, 5.41) is 19.9. The Morgan fingerprint density at radius 3 is 2.72 bits per heavy atom. The molecule has 6 rings (SSSR count). The minimum atomic E-state index is -0.562. The van der Waals surface area contributed by atoms with Gasteiger partial charge in [0.25, 0.3) is 5.91 Å². The van der Waals surface area contributed by atoms with E-state index in [1.165, 1.54) is 0 Å². The lowest BCUT2D eigenvalue weighted by atomic mass is 9.98. The summed E-state index contributed by atoms with van der Waals surface area (Å²) in [6.07, 6.45) is 5.25. The molecule has 4 heterocycles. The standard InChI is InChI=1S/C24H23N9O3/c1-12-19(13(2)36-32-12)17-6-4-3-5-14(17)10-25-22-29-20-15(9-18-21(34)30-24(35)28-18)11-26-33(20)23(31-22)27-16-7-8-16/h3-6,9,11,16H,7-8,10H2,1-2H3,(H2,25,27,29,31)(H2,28,30,34,35)/b18-9-. The third-order valence-electron chi connectivity index (χ3n) is 6.08. The molecule has 0 unspecified atom stereocenters. The fraction of sp³-hybridized carbons (Fsp3) is 0.250. The number of fused-ring (bicyclic) bond motifs is 1. The van der Waals surface area contributed by atoms with Gasteiger partial charge in [0, 0.05) is 23.7 Å². The Kier molecular flexibility index (Phi) is 5.13. The van der Waals surface area contributed by atoms with Crippen molar-refractivity contribution in [3.63, 3.8) is 0 Å². The highest BCUT2D eigenvalue weighted by atomic mass is 16.5. The molecule has 12 heteroatoms. The van der Waals surface area contributed by atoms with Crippen LogP contribution in [0.5, 0.6) is 0 Å². The first-order valence-electron chi connectivity index (χ1n) is 11.6. The molecule has 0 atom stereocenters. The molecule has 0 radical (unpaired) electrons. The van der Waals surface area contributed by atoms with Crippen molar-refractivity contribution >= 4 is 35.6 Å². The highest BCUT2D eigenvalue weighted by molar-refractivity contribution is 6.14. The second kappa shape index (κ2) is 8.48. The number of aryl methyl sites for hydroxylation is 2. The third-order valence-corrected chi connectivity index (χ3v) is 6.08. The van der Waals surface area contributed by atoms with Crippen LogP contribution in [0.25, 0.3) is 22.9 Å². The van der Waals surface area contributed by atoms with E-state index in [1.807, 2.05) is 38.1 Å². The molecule has 12 nitrogen and oxygen atoms in total. The van der Waals surface area contributed by atoms with Crippen molar-refractivity contribution in [3.05, 3.63) is 58.7 Å². The summed E-state index contributed by atoms with van der Waals surface area (Å²) in [4.78, 5) is 32.9. The van der Waals surface area contributed by atoms with Gasteiger partial charge < -0.3 is 20.5 Å². The highest BCUT2D eigenvalue weighted by Gasteiger charge is 2.26. The van der Waals surface area contributed by atoms with Gasteiger partial charge in [-0.25, -0.2) is 4.79 Å². The molecular weight excluding hydrogens is 462 g/mol. The topological polar surface area (TPSA) is 151 Å². The molecule has 0 spiro atoms. The predicted octanol–water partition coefficient (Wildman–Crippen LogP) is 2.76. The number of carbonyl (C=O) groups excluding carboxylic acids is 2. The van der Waals surface area contributed by atoms with Crippen molar-refractivity contribution < 1.29 is 14.1 Å². The molecule has 4 aromatic rings. The van der Waals surface area contributed by atoms with Gasteiger partial charge in [-0.2, -0.15) is 19.6 Å². The zero-order chi connectivity index (χ0) is 24.8. The van der Waals surface area contributed by atoms with Crippen LogP contribution in [-0.4, -0.2) is 42.7 Å². The SMILES string of the molecule is Cc1noc(C)c1-c1ccccc1CNc1nc(NC2CC2)n2ncc(/C=C3\NC(=O)NC3=O)c2n1. The summed E-state index contributed by atoms with van der Waals surface area (Å²) in [5.74, 6) is 1.21. The number of nitrogens with one attached hydrogen (secondary N) is 4. The van der Waals surface area contributed by atoms with Gasteiger partial charge in [0.1, 0.15) is 11.5 Å². The number of hydrogen-bond acceptors (Lipinski definition) is 9. The van der Waals surface area contributed by atoms with E-state index in [-0.39, 0.29) is 5.70 Å². The lowest BCUT2D eigenvalue weighted by Crippen LogP contribution is -2.22. The van der Waals surface area contributed by atoms with Crippen LogP contribution in [0.2, 0.25) is 0 Å². The maximum Gasteiger partial charge on any atom is 0.326 e. The molecule has 1 saturated carbocycles. The summed E-state index contributed by atoms with van der Waals surface area (Å²) in [6, 6.07) is 7.80. The highest BCUT2D eigenvalue weighted by Crippen LogP contribution is 2.30. The van der Waals surface area contributed by atoms with Crippen LogP contribution >= 0.6 is 0 Å². The molecule has 1 aliphatic carbocycles. The number of hydrogen-bond donors (Lipinski definition) is 4. The van der Waals surface area contributed by atoms with Gasteiger partial charge >= 0.3 is 6.03 Å². The van der Waals surface area contributed by atoms with E-state index >= 15 is 0 Å². The Morgan fingerprint density at radius 1 is 1.17 bits per heavy atom. The number of carbonyl (C=O) groups is 2. The minimum absolute atomic E-state index is 0.133. The lowest BCUT2D eigenvalue weighted by molar-refractivity contribution is -0.115. The molecule has 182 valence electrons. The molecule has 3 amide bonds. The van der Waals surface area contributed by atoms with E-state index in [1.54, 1.807) is 16.8 Å². The summed E-state index contributed by atoms with van der Waals surface area (Å²) in [5.41, 5.74) is 5.06. The Labute approximate surface area is 205 Å². The number of imide groups is 1. The number of nitrogens with zero attached hydrogens (tertiary/aromatic N) is 5. The lowest BCUT2D eigenvalue weighted by Gasteiger charge is -2.12. The van der Waals surface area contributed by atoms with Crippen LogP contribution in [-0.2, 0) is 11.3 Å². The molecular formula is C24H23N9O3. The van der Waals surface area contributed by atoms with Crippen LogP contribution in [0.3, 0.4) is 0 Å². The van der Waals surface area contributed by atoms with Crippen LogP contribution in [0.15, 0.2) is 40.7 Å². The molecule has 2 fully saturated rings. The van der Waals surface area contributed by atoms with Crippen molar-refractivity contribution in [2.24, 2.45) is 0 Å². The quantitative estimate of drug-likeness (QED) is 0.229. The Morgan fingerprint density at radius 2 is 2.00 bits per heavy atom. The van der Waals surface area contributed by atoms with Gasteiger partial charge in [-0.1, -0.05) is 29.4 Å². The maximum absolute atomic E-state index is 12.0.